The van der Waals surface area contributed by atoms with E-state index in [-0.39, 0.29) is 0 Å². The molecule has 0 saturated heterocycles. The summed E-state index contributed by atoms with van der Waals surface area (Å²) >= 11 is 0. The highest BCUT2D eigenvalue weighted by molar-refractivity contribution is 6.24. The quantitative estimate of drug-likeness (QED) is 0.157. The molecule has 0 aliphatic carbocycles. The van der Waals surface area contributed by atoms with Crippen molar-refractivity contribution in [1.29, 1.82) is 0 Å². The molecule has 0 saturated carbocycles. The van der Waals surface area contributed by atoms with Crippen molar-refractivity contribution >= 4 is 54.5 Å². The number of aromatic nitrogens is 9. The van der Waals surface area contributed by atoms with E-state index in [0.29, 0.717) is 35.1 Å². The molecule has 13 rings (SSSR count). The second kappa shape index (κ2) is 15.3. The number of hydrogen-bond acceptors (Lipinski definition) is 7. The molecule has 9 nitrogen and oxygen atoms in total. The van der Waals surface area contributed by atoms with Gasteiger partial charge in [0.05, 0.1) is 33.3 Å². The smallest absolute Gasteiger partial charge is 0.238 e. The van der Waals surface area contributed by atoms with Gasteiger partial charge in [0.1, 0.15) is 0 Å². The van der Waals surface area contributed by atoms with Crippen molar-refractivity contribution < 1.29 is 0 Å². The van der Waals surface area contributed by atoms with E-state index in [2.05, 4.69) is 100 Å². The molecular weight excluding hydrogens is 811 g/mol. The Kier molecular flexibility index (Phi) is 8.63. The van der Waals surface area contributed by atoms with Crippen LogP contribution in [0.15, 0.2) is 212 Å². The van der Waals surface area contributed by atoms with Gasteiger partial charge in [0, 0.05) is 60.9 Å². The van der Waals surface area contributed by atoms with E-state index in [4.69, 9.17) is 34.9 Å². The molecule has 0 spiro atoms. The predicted molar refractivity (Wildman–Crippen MR) is 264 cm³/mol. The Morgan fingerprint density at radius 1 is 0.303 bits per heavy atom. The van der Waals surface area contributed by atoms with Crippen LogP contribution in [-0.4, -0.2) is 44.0 Å². The maximum atomic E-state index is 5.39. The first-order valence-corrected chi connectivity index (χ1v) is 21.8. The van der Waals surface area contributed by atoms with E-state index >= 15 is 0 Å². The van der Waals surface area contributed by atoms with Gasteiger partial charge in [-0.1, -0.05) is 170 Å². The number of pyridine rings is 1. The van der Waals surface area contributed by atoms with Crippen LogP contribution < -0.4 is 0 Å². The molecule has 308 valence electrons. The van der Waals surface area contributed by atoms with Crippen LogP contribution in [0.3, 0.4) is 0 Å². The van der Waals surface area contributed by atoms with Crippen LogP contribution in [0.25, 0.3) is 123 Å². The molecule has 9 heteroatoms. The molecule has 0 radical (unpaired) electrons. The number of para-hydroxylation sites is 4. The monoisotopic (exact) mass is 845 g/mol. The summed E-state index contributed by atoms with van der Waals surface area (Å²) in [5.74, 6) is 3.35. The third-order valence-electron chi connectivity index (χ3n) is 12.3. The van der Waals surface area contributed by atoms with Crippen LogP contribution in [-0.2, 0) is 0 Å². The van der Waals surface area contributed by atoms with Crippen LogP contribution >= 0.6 is 0 Å². The molecule has 0 bridgehead atoms. The number of rotatable bonds is 7. The molecule has 0 amide bonds. The summed E-state index contributed by atoms with van der Waals surface area (Å²) < 4.78 is 4.58. The fourth-order valence-electron chi connectivity index (χ4n) is 9.33. The Bertz CT molecular complexity index is 3930. The average Bonchev–Trinajstić information content (AvgIpc) is 3.92. The lowest BCUT2D eigenvalue weighted by molar-refractivity contribution is 0.954. The Balaban J connectivity index is 1.14. The van der Waals surface area contributed by atoms with Crippen LogP contribution in [0, 0.1) is 0 Å². The summed E-state index contributed by atoms with van der Waals surface area (Å²) in [6.45, 7) is 0. The molecule has 0 fully saturated rings. The molecule has 5 aromatic heterocycles. The van der Waals surface area contributed by atoms with Gasteiger partial charge < -0.3 is 4.57 Å². The van der Waals surface area contributed by atoms with Crippen molar-refractivity contribution in [2.24, 2.45) is 0 Å². The molecule has 8 aromatic carbocycles. The Morgan fingerprint density at radius 2 is 0.758 bits per heavy atom. The van der Waals surface area contributed by atoms with E-state index in [1.54, 1.807) is 0 Å². The summed E-state index contributed by atoms with van der Waals surface area (Å²) in [6.07, 6.45) is 1.81. The zero-order chi connectivity index (χ0) is 43.6. The molecular formula is C57H35N9. The third-order valence-corrected chi connectivity index (χ3v) is 12.3. The van der Waals surface area contributed by atoms with Gasteiger partial charge in [0.15, 0.2) is 29.1 Å². The molecule has 0 aliphatic heterocycles. The largest absolute Gasteiger partial charge is 0.306 e. The van der Waals surface area contributed by atoms with E-state index in [0.717, 1.165) is 88.0 Å². The topological polar surface area (TPSA) is 100 Å². The molecule has 0 atom stereocenters. The van der Waals surface area contributed by atoms with Gasteiger partial charge >= 0.3 is 0 Å². The molecule has 0 N–H and O–H groups in total. The summed E-state index contributed by atoms with van der Waals surface area (Å²) in [6, 6.07) is 70.4. The van der Waals surface area contributed by atoms with Crippen molar-refractivity contribution in [3.05, 3.63) is 212 Å². The van der Waals surface area contributed by atoms with Crippen LogP contribution in [0.5, 0.6) is 0 Å². The van der Waals surface area contributed by atoms with Gasteiger partial charge in [-0.05, 0) is 36.4 Å². The number of benzene rings is 8. The van der Waals surface area contributed by atoms with Crippen molar-refractivity contribution in [3.63, 3.8) is 0 Å². The maximum absolute atomic E-state index is 5.39. The van der Waals surface area contributed by atoms with E-state index < -0.39 is 0 Å². The molecule has 0 unspecified atom stereocenters. The van der Waals surface area contributed by atoms with Gasteiger partial charge in [-0.3, -0.25) is 9.55 Å². The lowest BCUT2D eigenvalue weighted by atomic mass is 10.1. The first-order chi connectivity index (χ1) is 32.7. The maximum Gasteiger partial charge on any atom is 0.238 e. The number of hydrogen-bond donors (Lipinski definition) is 0. The zero-order valence-electron chi connectivity index (χ0n) is 35.2. The van der Waals surface area contributed by atoms with Gasteiger partial charge in [0.25, 0.3) is 0 Å². The Morgan fingerprint density at radius 3 is 1.39 bits per heavy atom. The fourth-order valence-corrected chi connectivity index (χ4v) is 9.33. The highest BCUT2D eigenvalue weighted by atomic mass is 15.2. The molecule has 5 heterocycles. The van der Waals surface area contributed by atoms with Gasteiger partial charge in [-0.25, -0.2) is 19.9 Å². The Labute approximate surface area is 378 Å². The minimum absolute atomic E-state index is 0.494. The number of nitrogens with zero attached hydrogens (tertiary/aromatic N) is 9. The second-order valence-electron chi connectivity index (χ2n) is 16.1. The van der Waals surface area contributed by atoms with Crippen LogP contribution in [0.2, 0.25) is 0 Å². The predicted octanol–water partition coefficient (Wildman–Crippen LogP) is 13.1. The lowest BCUT2D eigenvalue weighted by Gasteiger charge is -2.16. The van der Waals surface area contributed by atoms with Crippen molar-refractivity contribution in [1.82, 2.24) is 44.0 Å². The SMILES string of the molecule is c1ccc(-c2nc(-c3ccccc3)nc(-c3ccccc3-n3c4ccccc4c4ccc5c6ccccc6n(-c6nc(-c7ccccc7)nc(-c7cccc8cccnc78)n6)c5c43)n2)cc1. The Hall–Kier alpha value is -9.21. The third kappa shape index (κ3) is 6.06. The van der Waals surface area contributed by atoms with Crippen LogP contribution in [0.1, 0.15) is 0 Å². The highest BCUT2D eigenvalue weighted by Gasteiger charge is 2.25. The fraction of sp³-hybridized carbons (Fsp3) is 0. The van der Waals surface area contributed by atoms with Crippen LogP contribution in [0.4, 0.5) is 0 Å². The summed E-state index contributed by atoms with van der Waals surface area (Å²) in [5.41, 5.74) is 10.1. The van der Waals surface area contributed by atoms with Crippen molar-refractivity contribution in [2.75, 3.05) is 0 Å². The van der Waals surface area contributed by atoms with E-state index in [9.17, 15) is 0 Å². The summed E-state index contributed by atoms with van der Waals surface area (Å²) in [5, 5.41) is 5.33. The van der Waals surface area contributed by atoms with E-state index in [1.807, 2.05) is 121 Å². The molecule has 66 heavy (non-hydrogen) atoms. The normalized spacial score (nSPS) is 11.6. The number of fused-ring (bicyclic) bond motifs is 8. The molecule has 13 aromatic rings. The zero-order valence-corrected chi connectivity index (χ0v) is 35.2. The standard InChI is InChI=1S/C57H35N9/c1-4-18-37(19-5-1)52-59-53(38-20-6-2-7-21-38)61-55(60-52)44-28-12-15-32-48(44)65-46-30-13-10-26-40(46)42-33-34-43-41-27-11-14-31-47(41)66(51(43)50(42)65)57-63-54(39-22-8-3-9-23-39)62-56(64-57)45-29-16-24-36-25-17-35-58-49(36)45/h1-35H. The van der Waals surface area contributed by atoms with Gasteiger partial charge in [0.2, 0.25) is 5.95 Å². The highest BCUT2D eigenvalue weighted by Crippen LogP contribution is 2.43. The summed E-state index contributed by atoms with van der Waals surface area (Å²) in [7, 11) is 0. The average molecular weight is 846 g/mol. The van der Waals surface area contributed by atoms with Crippen molar-refractivity contribution in [2.45, 2.75) is 0 Å². The lowest BCUT2D eigenvalue weighted by Crippen LogP contribution is -2.08. The van der Waals surface area contributed by atoms with Gasteiger partial charge in [-0.2, -0.15) is 9.97 Å². The van der Waals surface area contributed by atoms with Gasteiger partial charge in [-0.15, -0.1) is 0 Å². The van der Waals surface area contributed by atoms with Crippen molar-refractivity contribution in [3.8, 4) is 68.6 Å². The first-order valence-electron chi connectivity index (χ1n) is 21.8. The minimum atomic E-state index is 0.494. The minimum Gasteiger partial charge on any atom is -0.306 e. The summed E-state index contributed by atoms with van der Waals surface area (Å²) in [4.78, 5) is 36.2. The molecule has 0 aliphatic rings. The second-order valence-corrected chi connectivity index (χ2v) is 16.1. The first kappa shape index (κ1) is 37.4. The van der Waals surface area contributed by atoms with E-state index in [1.165, 1.54) is 0 Å².